The van der Waals surface area contributed by atoms with E-state index in [0.717, 1.165) is 12.1 Å². The normalized spacial score (nSPS) is 22.7. The summed E-state index contributed by atoms with van der Waals surface area (Å²) in [5.41, 5.74) is 7.50. The molecule has 0 spiro atoms. The minimum absolute atomic E-state index is 0.248. The number of nitrogen functional groups attached to an aromatic ring is 1. The molecule has 1 aliphatic heterocycles. The zero-order valence-electron chi connectivity index (χ0n) is 11.8. The van der Waals surface area contributed by atoms with Gasteiger partial charge in [-0.05, 0) is 32.4 Å². The third kappa shape index (κ3) is 3.23. The molecular formula is C14H23N3O2. The van der Waals surface area contributed by atoms with Gasteiger partial charge in [-0.1, -0.05) is 0 Å². The van der Waals surface area contributed by atoms with Crippen LogP contribution in [-0.2, 0) is 4.74 Å². The standard InChI is InChI=1S/C14H23N3O2/c1-9(2)17-4-5-19-12(8-17)13(18)11-6-10(3)7-16-14(11)15/h6-7,9,12-13,18H,4-5,8H2,1-3H3,(H2,15,16). The molecule has 1 saturated heterocycles. The van der Waals surface area contributed by atoms with Gasteiger partial charge in [0.1, 0.15) is 18.0 Å². The van der Waals surface area contributed by atoms with Crippen molar-refractivity contribution < 1.29 is 9.84 Å². The van der Waals surface area contributed by atoms with Gasteiger partial charge in [0, 0.05) is 30.9 Å². The first-order chi connectivity index (χ1) is 8.99. The smallest absolute Gasteiger partial charge is 0.129 e. The SMILES string of the molecule is Cc1cnc(N)c(C(O)C2CN(C(C)C)CCO2)c1. The molecule has 1 fully saturated rings. The number of aliphatic hydroxyl groups excluding tert-OH is 1. The van der Waals surface area contributed by atoms with Gasteiger partial charge >= 0.3 is 0 Å². The van der Waals surface area contributed by atoms with Gasteiger partial charge < -0.3 is 15.6 Å². The molecule has 1 aliphatic rings. The number of aromatic nitrogens is 1. The molecule has 1 aromatic heterocycles. The summed E-state index contributed by atoms with van der Waals surface area (Å²) in [4.78, 5) is 6.40. The van der Waals surface area contributed by atoms with Crippen LogP contribution in [0.5, 0.6) is 0 Å². The zero-order valence-corrected chi connectivity index (χ0v) is 11.8. The Morgan fingerprint density at radius 2 is 2.26 bits per heavy atom. The fourth-order valence-corrected chi connectivity index (χ4v) is 2.40. The molecule has 19 heavy (non-hydrogen) atoms. The average Bonchev–Trinajstić information content (AvgIpc) is 2.41. The van der Waals surface area contributed by atoms with Gasteiger partial charge in [-0.3, -0.25) is 4.90 Å². The van der Waals surface area contributed by atoms with Gasteiger partial charge in [0.15, 0.2) is 0 Å². The summed E-state index contributed by atoms with van der Waals surface area (Å²) >= 11 is 0. The lowest BCUT2D eigenvalue weighted by Crippen LogP contribution is -2.47. The van der Waals surface area contributed by atoms with Crippen LogP contribution in [0.3, 0.4) is 0 Å². The minimum Gasteiger partial charge on any atom is -0.385 e. The van der Waals surface area contributed by atoms with E-state index in [0.29, 0.717) is 30.6 Å². The first kappa shape index (κ1) is 14.2. The summed E-state index contributed by atoms with van der Waals surface area (Å²) in [6.45, 7) is 8.49. The number of hydrogen-bond acceptors (Lipinski definition) is 5. The van der Waals surface area contributed by atoms with Crippen LogP contribution in [0.2, 0.25) is 0 Å². The Balaban J connectivity index is 2.14. The van der Waals surface area contributed by atoms with Crippen LogP contribution in [-0.4, -0.2) is 46.8 Å². The Bertz CT molecular complexity index is 437. The van der Waals surface area contributed by atoms with Crippen molar-refractivity contribution in [2.75, 3.05) is 25.4 Å². The van der Waals surface area contributed by atoms with Crippen LogP contribution in [0, 0.1) is 6.92 Å². The Morgan fingerprint density at radius 1 is 1.53 bits per heavy atom. The second-order valence-corrected chi connectivity index (χ2v) is 5.43. The molecule has 0 saturated carbocycles. The van der Waals surface area contributed by atoms with Crippen molar-refractivity contribution in [3.05, 3.63) is 23.4 Å². The predicted octanol–water partition coefficient (Wildman–Crippen LogP) is 1.11. The van der Waals surface area contributed by atoms with Gasteiger partial charge in [-0.15, -0.1) is 0 Å². The topological polar surface area (TPSA) is 71.6 Å². The lowest BCUT2D eigenvalue weighted by Gasteiger charge is -2.37. The number of morpholine rings is 1. The Kier molecular flexibility index (Phi) is 4.39. The van der Waals surface area contributed by atoms with Gasteiger partial charge in [0.05, 0.1) is 6.61 Å². The van der Waals surface area contributed by atoms with Crippen LogP contribution >= 0.6 is 0 Å². The molecule has 5 nitrogen and oxygen atoms in total. The Hall–Kier alpha value is -1.17. The number of hydrogen-bond donors (Lipinski definition) is 2. The van der Waals surface area contributed by atoms with Gasteiger partial charge in [0.2, 0.25) is 0 Å². The summed E-state index contributed by atoms with van der Waals surface area (Å²) in [7, 11) is 0. The van der Waals surface area contributed by atoms with Crippen LogP contribution in [0.25, 0.3) is 0 Å². The van der Waals surface area contributed by atoms with E-state index in [1.807, 2.05) is 13.0 Å². The molecule has 106 valence electrons. The molecule has 1 aromatic rings. The highest BCUT2D eigenvalue weighted by atomic mass is 16.5. The minimum atomic E-state index is -0.728. The van der Waals surface area contributed by atoms with E-state index in [-0.39, 0.29) is 6.10 Å². The lowest BCUT2D eigenvalue weighted by molar-refractivity contribution is -0.0960. The first-order valence-corrected chi connectivity index (χ1v) is 6.74. The van der Waals surface area contributed by atoms with Crippen molar-refractivity contribution >= 4 is 5.82 Å². The van der Waals surface area contributed by atoms with E-state index in [1.165, 1.54) is 0 Å². The second kappa shape index (κ2) is 5.86. The number of rotatable bonds is 3. The number of anilines is 1. The van der Waals surface area contributed by atoms with E-state index in [9.17, 15) is 5.11 Å². The highest BCUT2D eigenvalue weighted by Crippen LogP contribution is 2.26. The molecule has 0 bridgehead atoms. The number of aryl methyl sites for hydroxylation is 1. The van der Waals surface area contributed by atoms with Crippen LogP contribution in [0.1, 0.15) is 31.1 Å². The van der Waals surface area contributed by atoms with Gasteiger partial charge in [-0.25, -0.2) is 4.98 Å². The van der Waals surface area contributed by atoms with Crippen molar-refractivity contribution in [2.45, 2.75) is 39.0 Å². The maximum Gasteiger partial charge on any atom is 0.129 e. The van der Waals surface area contributed by atoms with Gasteiger partial charge in [-0.2, -0.15) is 0 Å². The summed E-state index contributed by atoms with van der Waals surface area (Å²) in [5.74, 6) is 0.378. The summed E-state index contributed by atoms with van der Waals surface area (Å²) < 4.78 is 5.69. The molecule has 3 N–H and O–H groups in total. The molecule has 5 heteroatoms. The highest BCUT2D eigenvalue weighted by molar-refractivity contribution is 5.42. The van der Waals surface area contributed by atoms with Crippen molar-refractivity contribution in [1.82, 2.24) is 9.88 Å². The molecule has 2 heterocycles. The maximum absolute atomic E-state index is 10.5. The number of ether oxygens (including phenoxy) is 1. The molecule has 0 aliphatic carbocycles. The fraction of sp³-hybridized carbons (Fsp3) is 0.643. The molecule has 2 unspecified atom stereocenters. The molecular weight excluding hydrogens is 242 g/mol. The van der Waals surface area contributed by atoms with Crippen molar-refractivity contribution in [2.24, 2.45) is 0 Å². The van der Waals surface area contributed by atoms with Gasteiger partial charge in [0.25, 0.3) is 0 Å². The van der Waals surface area contributed by atoms with Crippen LogP contribution in [0.15, 0.2) is 12.3 Å². The summed E-state index contributed by atoms with van der Waals surface area (Å²) in [5, 5.41) is 10.5. The van der Waals surface area contributed by atoms with Crippen molar-refractivity contribution in [3.8, 4) is 0 Å². The zero-order chi connectivity index (χ0) is 14.0. The predicted molar refractivity (Wildman–Crippen MR) is 74.8 cm³/mol. The summed E-state index contributed by atoms with van der Waals surface area (Å²) in [6.07, 6.45) is 0.726. The maximum atomic E-state index is 10.5. The molecule has 0 radical (unpaired) electrons. The number of pyridine rings is 1. The second-order valence-electron chi connectivity index (χ2n) is 5.43. The van der Waals surface area contributed by atoms with E-state index in [4.69, 9.17) is 10.5 Å². The number of nitrogens with zero attached hydrogens (tertiary/aromatic N) is 2. The summed E-state index contributed by atoms with van der Waals surface area (Å²) in [6, 6.07) is 2.33. The molecule has 0 aromatic carbocycles. The quantitative estimate of drug-likeness (QED) is 0.857. The third-order valence-electron chi connectivity index (χ3n) is 3.61. The number of nitrogens with two attached hydrogens (primary N) is 1. The van der Waals surface area contributed by atoms with E-state index in [2.05, 4.69) is 23.7 Å². The van der Waals surface area contributed by atoms with E-state index in [1.54, 1.807) is 6.20 Å². The Labute approximate surface area is 114 Å². The van der Waals surface area contributed by atoms with E-state index < -0.39 is 6.10 Å². The number of aliphatic hydroxyl groups is 1. The lowest BCUT2D eigenvalue weighted by atomic mass is 10.0. The Morgan fingerprint density at radius 3 is 2.95 bits per heavy atom. The van der Waals surface area contributed by atoms with Crippen LogP contribution < -0.4 is 5.73 Å². The fourth-order valence-electron chi connectivity index (χ4n) is 2.40. The average molecular weight is 265 g/mol. The highest BCUT2D eigenvalue weighted by Gasteiger charge is 2.30. The molecule has 0 amide bonds. The first-order valence-electron chi connectivity index (χ1n) is 6.74. The largest absolute Gasteiger partial charge is 0.385 e. The third-order valence-corrected chi connectivity index (χ3v) is 3.61. The van der Waals surface area contributed by atoms with Crippen LogP contribution in [0.4, 0.5) is 5.82 Å². The van der Waals surface area contributed by atoms with E-state index >= 15 is 0 Å². The molecule has 2 rings (SSSR count). The van der Waals surface area contributed by atoms with Crippen molar-refractivity contribution in [3.63, 3.8) is 0 Å². The monoisotopic (exact) mass is 265 g/mol. The molecule has 2 atom stereocenters. The van der Waals surface area contributed by atoms with Crippen molar-refractivity contribution in [1.29, 1.82) is 0 Å².